The number of rotatable bonds is 3. The summed E-state index contributed by atoms with van der Waals surface area (Å²) in [6.45, 7) is 0. The van der Waals surface area contributed by atoms with Crippen molar-refractivity contribution >= 4 is 12.4 Å². The quantitative estimate of drug-likeness (QED) is 0.730. The van der Waals surface area contributed by atoms with E-state index in [0.717, 1.165) is 47.3 Å². The smallest absolute Gasteiger partial charge is 0.164 e. The molecule has 0 heterocycles. The minimum atomic E-state index is 0.740. The Labute approximate surface area is 94.7 Å². The fourth-order valence-corrected chi connectivity index (χ4v) is 2.03. The predicted octanol–water partition coefficient (Wildman–Crippen LogP) is 2.23. The van der Waals surface area contributed by atoms with E-state index >= 15 is 0 Å². The average molecular weight is 218 g/mol. The molecule has 0 saturated carbocycles. The van der Waals surface area contributed by atoms with Gasteiger partial charge in [-0.3, -0.25) is 4.79 Å². The van der Waals surface area contributed by atoms with Crippen LogP contribution in [-0.4, -0.2) is 20.5 Å². The second kappa shape index (κ2) is 4.39. The van der Waals surface area contributed by atoms with Gasteiger partial charge in [0.25, 0.3) is 0 Å². The Morgan fingerprint density at radius 2 is 2.00 bits per heavy atom. The van der Waals surface area contributed by atoms with Crippen LogP contribution in [0.2, 0.25) is 0 Å². The maximum Gasteiger partial charge on any atom is 0.164 e. The topological polar surface area (TPSA) is 35.5 Å². The summed E-state index contributed by atoms with van der Waals surface area (Å²) >= 11 is 0. The number of aldehydes is 1. The van der Waals surface area contributed by atoms with Crippen molar-refractivity contribution in [2.24, 2.45) is 0 Å². The molecule has 16 heavy (non-hydrogen) atoms. The molecule has 0 N–H and O–H groups in total. The van der Waals surface area contributed by atoms with E-state index in [2.05, 4.69) is 0 Å². The van der Waals surface area contributed by atoms with Gasteiger partial charge < -0.3 is 9.47 Å². The van der Waals surface area contributed by atoms with Gasteiger partial charge in [0.15, 0.2) is 11.5 Å². The molecule has 1 aromatic carbocycles. The van der Waals surface area contributed by atoms with E-state index in [1.165, 1.54) is 0 Å². The number of fused-ring (bicyclic) bond motifs is 1. The highest BCUT2D eigenvalue weighted by Crippen LogP contribution is 2.37. The van der Waals surface area contributed by atoms with Gasteiger partial charge in [-0.1, -0.05) is 6.07 Å². The molecular formula is C13H14O3. The monoisotopic (exact) mass is 218 g/mol. The first kappa shape index (κ1) is 10.7. The normalized spacial score (nSPS) is 13.8. The Bertz CT molecular complexity index is 447. The third-order valence-electron chi connectivity index (χ3n) is 2.84. The molecule has 0 bridgehead atoms. The molecule has 1 aliphatic rings. The van der Waals surface area contributed by atoms with Gasteiger partial charge in [-0.05, 0) is 36.1 Å². The SMILES string of the molecule is COc1ccc2c(c1OC)CCC(C=O)=C2. The summed E-state index contributed by atoms with van der Waals surface area (Å²) in [7, 11) is 3.26. The predicted molar refractivity (Wildman–Crippen MR) is 61.9 cm³/mol. The number of carbonyl (C=O) groups excluding carboxylic acids is 1. The van der Waals surface area contributed by atoms with Crippen LogP contribution in [0, 0.1) is 0 Å². The molecule has 3 nitrogen and oxygen atoms in total. The summed E-state index contributed by atoms with van der Waals surface area (Å²) in [6, 6.07) is 3.82. The minimum Gasteiger partial charge on any atom is -0.493 e. The van der Waals surface area contributed by atoms with Crippen LogP contribution in [0.25, 0.3) is 6.08 Å². The van der Waals surface area contributed by atoms with Crippen LogP contribution in [-0.2, 0) is 11.2 Å². The molecule has 0 saturated heterocycles. The minimum absolute atomic E-state index is 0.740. The first-order valence-electron chi connectivity index (χ1n) is 5.19. The molecule has 0 radical (unpaired) electrons. The van der Waals surface area contributed by atoms with Gasteiger partial charge in [0.05, 0.1) is 14.2 Å². The molecule has 0 atom stereocenters. The van der Waals surface area contributed by atoms with E-state index < -0.39 is 0 Å². The van der Waals surface area contributed by atoms with Crippen molar-refractivity contribution < 1.29 is 14.3 Å². The Balaban J connectivity index is 2.54. The number of benzene rings is 1. The van der Waals surface area contributed by atoms with E-state index in [4.69, 9.17) is 9.47 Å². The summed E-state index contributed by atoms with van der Waals surface area (Å²) in [5.74, 6) is 1.52. The van der Waals surface area contributed by atoms with E-state index in [1.807, 2.05) is 18.2 Å². The number of carbonyl (C=O) groups is 1. The molecule has 1 aromatic rings. The van der Waals surface area contributed by atoms with Gasteiger partial charge in [-0.2, -0.15) is 0 Å². The lowest BCUT2D eigenvalue weighted by molar-refractivity contribution is -0.105. The van der Waals surface area contributed by atoms with Crippen molar-refractivity contribution in [2.75, 3.05) is 14.2 Å². The lowest BCUT2D eigenvalue weighted by Crippen LogP contribution is -2.04. The van der Waals surface area contributed by atoms with Crippen molar-refractivity contribution in [1.29, 1.82) is 0 Å². The summed E-state index contributed by atoms with van der Waals surface area (Å²) < 4.78 is 10.6. The highest BCUT2D eigenvalue weighted by molar-refractivity contribution is 5.84. The maximum atomic E-state index is 10.7. The van der Waals surface area contributed by atoms with Crippen LogP contribution in [0.4, 0.5) is 0 Å². The summed E-state index contributed by atoms with van der Waals surface area (Å²) in [5.41, 5.74) is 3.00. The fourth-order valence-electron chi connectivity index (χ4n) is 2.03. The highest BCUT2D eigenvalue weighted by Gasteiger charge is 2.17. The zero-order valence-corrected chi connectivity index (χ0v) is 9.45. The summed E-state index contributed by atoms with van der Waals surface area (Å²) in [5, 5.41) is 0. The average Bonchev–Trinajstić information content (AvgIpc) is 2.36. The molecule has 2 rings (SSSR count). The van der Waals surface area contributed by atoms with Crippen LogP contribution in [0.1, 0.15) is 17.5 Å². The lowest BCUT2D eigenvalue weighted by Gasteiger charge is -2.18. The van der Waals surface area contributed by atoms with Gasteiger partial charge in [0.1, 0.15) is 6.29 Å². The van der Waals surface area contributed by atoms with Crippen molar-refractivity contribution in [1.82, 2.24) is 0 Å². The highest BCUT2D eigenvalue weighted by atomic mass is 16.5. The van der Waals surface area contributed by atoms with Crippen LogP contribution >= 0.6 is 0 Å². The van der Waals surface area contributed by atoms with E-state index in [1.54, 1.807) is 14.2 Å². The molecule has 1 aliphatic carbocycles. The fraction of sp³-hybridized carbons (Fsp3) is 0.308. The Kier molecular flexibility index (Phi) is 2.95. The number of hydrogen-bond donors (Lipinski definition) is 0. The first-order chi connectivity index (χ1) is 7.80. The van der Waals surface area contributed by atoms with Gasteiger partial charge in [-0.15, -0.1) is 0 Å². The first-order valence-corrected chi connectivity index (χ1v) is 5.19. The summed E-state index contributed by atoms with van der Waals surface area (Å²) in [6.07, 6.45) is 4.41. The molecule has 0 amide bonds. The Morgan fingerprint density at radius 3 is 2.62 bits per heavy atom. The third-order valence-corrected chi connectivity index (χ3v) is 2.84. The molecule has 0 aliphatic heterocycles. The molecule has 0 unspecified atom stereocenters. The third kappa shape index (κ3) is 1.69. The number of hydrogen-bond acceptors (Lipinski definition) is 3. The number of allylic oxidation sites excluding steroid dienone is 1. The number of methoxy groups -OCH3 is 2. The zero-order valence-electron chi connectivity index (χ0n) is 9.45. The lowest BCUT2D eigenvalue weighted by atomic mass is 9.92. The molecular weight excluding hydrogens is 204 g/mol. The molecule has 0 fully saturated rings. The van der Waals surface area contributed by atoms with Gasteiger partial charge in [-0.25, -0.2) is 0 Å². The number of ether oxygens (including phenoxy) is 2. The molecule has 0 spiro atoms. The van der Waals surface area contributed by atoms with Crippen LogP contribution in [0.3, 0.4) is 0 Å². The molecule has 3 heteroatoms. The Morgan fingerprint density at radius 1 is 1.19 bits per heavy atom. The second-order valence-electron chi connectivity index (χ2n) is 3.71. The van der Waals surface area contributed by atoms with Crippen molar-refractivity contribution in [3.05, 3.63) is 28.8 Å². The van der Waals surface area contributed by atoms with Crippen LogP contribution in [0.5, 0.6) is 11.5 Å². The zero-order chi connectivity index (χ0) is 11.5. The maximum absolute atomic E-state index is 10.7. The van der Waals surface area contributed by atoms with Gasteiger partial charge in [0.2, 0.25) is 0 Å². The largest absolute Gasteiger partial charge is 0.493 e. The van der Waals surface area contributed by atoms with Crippen molar-refractivity contribution in [3.63, 3.8) is 0 Å². The second-order valence-corrected chi connectivity index (χ2v) is 3.71. The van der Waals surface area contributed by atoms with Crippen molar-refractivity contribution in [3.8, 4) is 11.5 Å². The molecule has 0 aromatic heterocycles. The standard InChI is InChI=1S/C13H14O3/c1-15-12-6-4-10-7-9(8-14)3-5-11(10)13(12)16-2/h4,6-8H,3,5H2,1-2H3. The van der Waals surface area contributed by atoms with E-state index in [0.29, 0.717) is 0 Å². The van der Waals surface area contributed by atoms with E-state index in [-0.39, 0.29) is 0 Å². The van der Waals surface area contributed by atoms with Gasteiger partial charge >= 0.3 is 0 Å². The van der Waals surface area contributed by atoms with Crippen molar-refractivity contribution in [2.45, 2.75) is 12.8 Å². The van der Waals surface area contributed by atoms with Gasteiger partial charge in [0, 0.05) is 5.56 Å². The van der Waals surface area contributed by atoms with Crippen LogP contribution < -0.4 is 9.47 Å². The molecule has 84 valence electrons. The summed E-state index contributed by atoms with van der Waals surface area (Å²) in [4.78, 5) is 10.7. The van der Waals surface area contributed by atoms with E-state index in [9.17, 15) is 4.79 Å². The Hall–Kier alpha value is -1.77. The van der Waals surface area contributed by atoms with Crippen LogP contribution in [0.15, 0.2) is 17.7 Å².